The molecule has 1 aromatic carbocycles. The van der Waals surface area contributed by atoms with E-state index in [1.54, 1.807) is 12.1 Å². The Labute approximate surface area is 116 Å². The number of rotatable bonds is 5. The molecule has 0 aliphatic heterocycles. The van der Waals surface area contributed by atoms with Crippen molar-refractivity contribution in [2.45, 2.75) is 6.92 Å². The largest absolute Gasteiger partial charge is 0.495 e. The van der Waals surface area contributed by atoms with Gasteiger partial charge in [0.1, 0.15) is 5.75 Å². The van der Waals surface area contributed by atoms with Crippen LogP contribution in [0.5, 0.6) is 5.75 Å². The number of Topliss-reactive ketones (excluding diaryl/α,β-unsaturated/α-hetero) is 1. The number of ketones is 1. The normalized spacial score (nSPS) is 10.2. The molecule has 0 saturated carbocycles. The summed E-state index contributed by atoms with van der Waals surface area (Å²) in [5, 5.41) is 2.53. The van der Waals surface area contributed by atoms with E-state index in [1.807, 2.05) is 0 Å². The van der Waals surface area contributed by atoms with E-state index in [-0.39, 0.29) is 5.78 Å². The third-order valence-corrected chi connectivity index (χ3v) is 2.44. The zero-order chi connectivity index (χ0) is 15.1. The van der Waals surface area contributed by atoms with Gasteiger partial charge in [-0.2, -0.15) is 0 Å². The number of ether oxygens (including phenoxy) is 2. The van der Waals surface area contributed by atoms with E-state index in [0.29, 0.717) is 17.0 Å². The molecule has 6 nitrogen and oxygen atoms in total. The number of nitrogens with one attached hydrogen (secondary N) is 1. The Balaban J connectivity index is 2.92. The monoisotopic (exact) mass is 277 g/mol. The molecule has 0 saturated heterocycles. The molecule has 0 aromatic heterocycles. The molecule has 1 aromatic rings. The van der Waals surface area contributed by atoms with E-state index in [2.05, 4.69) is 10.1 Å². The van der Waals surface area contributed by atoms with Crippen molar-refractivity contribution < 1.29 is 23.9 Å². The molecule has 1 rings (SSSR count). The Kier molecular flexibility index (Phi) is 5.46. The lowest BCUT2D eigenvalue weighted by atomic mass is 10.1. The standard InChI is InChI=1S/C14H15NO5/c1-9(16)10-4-5-12(19-2)11(8-10)15-13(17)6-7-14(18)20-3/h4-8H,1-3H3,(H,15,17)/b7-6+. The number of amides is 1. The maximum atomic E-state index is 11.6. The molecule has 0 unspecified atom stereocenters. The van der Waals surface area contributed by atoms with Crippen LogP contribution in [0.4, 0.5) is 5.69 Å². The first-order valence-electron chi connectivity index (χ1n) is 5.74. The molecule has 0 aliphatic carbocycles. The van der Waals surface area contributed by atoms with Crippen LogP contribution < -0.4 is 10.1 Å². The second-order valence-corrected chi connectivity index (χ2v) is 3.82. The Hall–Kier alpha value is -2.63. The molecule has 1 amide bonds. The van der Waals surface area contributed by atoms with Crippen LogP contribution in [-0.2, 0) is 14.3 Å². The number of hydrogen-bond acceptors (Lipinski definition) is 5. The van der Waals surface area contributed by atoms with Crippen molar-refractivity contribution in [3.05, 3.63) is 35.9 Å². The minimum Gasteiger partial charge on any atom is -0.495 e. The average Bonchev–Trinajstić information content (AvgIpc) is 2.44. The summed E-state index contributed by atoms with van der Waals surface area (Å²) in [5.74, 6) is -0.887. The summed E-state index contributed by atoms with van der Waals surface area (Å²) in [7, 11) is 2.66. The molecule has 0 spiro atoms. The highest BCUT2D eigenvalue weighted by Gasteiger charge is 2.09. The van der Waals surface area contributed by atoms with Gasteiger partial charge in [-0.25, -0.2) is 4.79 Å². The lowest BCUT2D eigenvalue weighted by Gasteiger charge is -2.10. The second-order valence-electron chi connectivity index (χ2n) is 3.82. The van der Waals surface area contributed by atoms with E-state index >= 15 is 0 Å². The summed E-state index contributed by atoms with van der Waals surface area (Å²) in [4.78, 5) is 33.8. The van der Waals surface area contributed by atoms with Crippen molar-refractivity contribution in [3.8, 4) is 5.75 Å². The number of carbonyl (C=O) groups excluding carboxylic acids is 3. The van der Waals surface area contributed by atoms with Gasteiger partial charge in [0.15, 0.2) is 5.78 Å². The molecule has 0 bridgehead atoms. The quantitative estimate of drug-likeness (QED) is 0.502. The summed E-state index contributed by atoms with van der Waals surface area (Å²) in [6.45, 7) is 1.42. The molecule has 0 radical (unpaired) electrons. The highest BCUT2D eigenvalue weighted by atomic mass is 16.5. The zero-order valence-corrected chi connectivity index (χ0v) is 11.4. The first-order chi connectivity index (χ1) is 9.47. The summed E-state index contributed by atoms with van der Waals surface area (Å²) in [5.41, 5.74) is 0.790. The lowest BCUT2D eigenvalue weighted by Crippen LogP contribution is -2.10. The minimum absolute atomic E-state index is 0.131. The third-order valence-electron chi connectivity index (χ3n) is 2.44. The summed E-state index contributed by atoms with van der Waals surface area (Å²) in [6.07, 6.45) is 2.03. The fourth-order valence-electron chi connectivity index (χ4n) is 1.41. The number of methoxy groups -OCH3 is 2. The summed E-state index contributed by atoms with van der Waals surface area (Å²) in [6, 6.07) is 4.68. The first-order valence-corrected chi connectivity index (χ1v) is 5.74. The van der Waals surface area contributed by atoms with E-state index < -0.39 is 11.9 Å². The lowest BCUT2D eigenvalue weighted by molar-refractivity contribution is -0.135. The van der Waals surface area contributed by atoms with E-state index in [9.17, 15) is 14.4 Å². The van der Waals surface area contributed by atoms with Crippen LogP contribution in [0.25, 0.3) is 0 Å². The van der Waals surface area contributed by atoms with Gasteiger partial charge < -0.3 is 14.8 Å². The van der Waals surface area contributed by atoms with Gasteiger partial charge in [-0.1, -0.05) is 0 Å². The molecule has 20 heavy (non-hydrogen) atoms. The molecule has 0 aliphatic rings. The van der Waals surface area contributed by atoms with Crippen molar-refractivity contribution in [1.29, 1.82) is 0 Å². The van der Waals surface area contributed by atoms with Crippen LogP contribution in [0, 0.1) is 0 Å². The van der Waals surface area contributed by atoms with Crippen LogP contribution in [0.15, 0.2) is 30.4 Å². The third kappa shape index (κ3) is 4.24. The van der Waals surface area contributed by atoms with Gasteiger partial charge in [-0.15, -0.1) is 0 Å². The molecular formula is C14H15NO5. The van der Waals surface area contributed by atoms with E-state index in [1.165, 1.54) is 27.2 Å². The number of anilines is 1. The molecule has 106 valence electrons. The molecule has 6 heteroatoms. The highest BCUT2D eigenvalue weighted by molar-refractivity contribution is 6.04. The molecule has 0 atom stereocenters. The van der Waals surface area contributed by atoms with Gasteiger partial charge in [0.05, 0.1) is 19.9 Å². The van der Waals surface area contributed by atoms with Gasteiger partial charge in [-0.3, -0.25) is 9.59 Å². The van der Waals surface area contributed by atoms with Crippen molar-refractivity contribution in [3.63, 3.8) is 0 Å². The van der Waals surface area contributed by atoms with Crippen molar-refractivity contribution in [2.75, 3.05) is 19.5 Å². The molecule has 1 N–H and O–H groups in total. The Morgan fingerprint density at radius 2 is 1.85 bits per heavy atom. The van der Waals surface area contributed by atoms with Gasteiger partial charge >= 0.3 is 5.97 Å². The van der Waals surface area contributed by atoms with Crippen molar-refractivity contribution >= 4 is 23.3 Å². The Morgan fingerprint density at radius 1 is 1.15 bits per heavy atom. The molecular weight excluding hydrogens is 262 g/mol. The highest BCUT2D eigenvalue weighted by Crippen LogP contribution is 2.25. The van der Waals surface area contributed by atoms with E-state index in [4.69, 9.17) is 4.74 Å². The number of carbonyl (C=O) groups is 3. The topological polar surface area (TPSA) is 81.7 Å². The molecule has 0 fully saturated rings. The van der Waals surface area contributed by atoms with Gasteiger partial charge in [-0.05, 0) is 25.1 Å². The van der Waals surface area contributed by atoms with Crippen LogP contribution in [0.1, 0.15) is 17.3 Å². The Bertz CT molecular complexity index is 563. The fraction of sp³-hybridized carbons (Fsp3) is 0.214. The summed E-state index contributed by atoms with van der Waals surface area (Å²) >= 11 is 0. The van der Waals surface area contributed by atoms with E-state index in [0.717, 1.165) is 12.2 Å². The van der Waals surface area contributed by atoms with Crippen molar-refractivity contribution in [1.82, 2.24) is 0 Å². The van der Waals surface area contributed by atoms with Crippen LogP contribution in [0.3, 0.4) is 0 Å². The van der Waals surface area contributed by atoms with Crippen LogP contribution in [-0.4, -0.2) is 31.9 Å². The fourth-order valence-corrected chi connectivity index (χ4v) is 1.41. The second kappa shape index (κ2) is 7.08. The number of benzene rings is 1. The van der Waals surface area contributed by atoms with Crippen molar-refractivity contribution in [2.24, 2.45) is 0 Å². The average molecular weight is 277 g/mol. The van der Waals surface area contributed by atoms with Gasteiger partial charge in [0.2, 0.25) is 5.91 Å². The number of esters is 1. The predicted molar refractivity (Wildman–Crippen MR) is 72.8 cm³/mol. The smallest absolute Gasteiger partial charge is 0.330 e. The maximum absolute atomic E-state index is 11.6. The zero-order valence-electron chi connectivity index (χ0n) is 11.4. The maximum Gasteiger partial charge on any atom is 0.330 e. The SMILES string of the molecule is COC(=O)/C=C/C(=O)Nc1cc(C(C)=O)ccc1OC. The minimum atomic E-state index is -0.635. The Morgan fingerprint density at radius 3 is 2.40 bits per heavy atom. The summed E-state index contributed by atoms with van der Waals surface area (Å²) < 4.78 is 9.46. The predicted octanol–water partition coefficient (Wildman–Crippen LogP) is 1.57. The van der Waals surface area contributed by atoms with Gasteiger partial charge in [0.25, 0.3) is 0 Å². The number of hydrogen-bond donors (Lipinski definition) is 1. The first kappa shape index (κ1) is 15.4. The van der Waals surface area contributed by atoms with Crippen LogP contribution >= 0.6 is 0 Å². The molecule has 0 heterocycles. The van der Waals surface area contributed by atoms with Crippen LogP contribution in [0.2, 0.25) is 0 Å². The van der Waals surface area contributed by atoms with Gasteiger partial charge in [0, 0.05) is 17.7 Å².